The third-order valence-corrected chi connectivity index (χ3v) is 19.2. The van der Waals surface area contributed by atoms with Gasteiger partial charge in [0.05, 0.1) is 92.4 Å². The van der Waals surface area contributed by atoms with Crippen molar-refractivity contribution in [3.8, 4) is 0 Å². The van der Waals surface area contributed by atoms with E-state index >= 15 is 0 Å². The molecule has 0 saturated carbocycles. The molecule has 0 unspecified atom stereocenters. The van der Waals surface area contributed by atoms with Crippen molar-refractivity contribution in [2.45, 2.75) is 234 Å². The van der Waals surface area contributed by atoms with Crippen molar-refractivity contribution in [1.29, 1.82) is 0 Å². The number of carbonyl (C=O) groups is 8. The van der Waals surface area contributed by atoms with Crippen LogP contribution in [0, 0.1) is 17.5 Å². The number of hydrogen-bond acceptors (Lipinski definition) is 21. The predicted octanol–water partition coefficient (Wildman–Crippen LogP) is 15.9. The van der Waals surface area contributed by atoms with E-state index in [1.165, 1.54) is 38.2 Å². The number of aromatic nitrogens is 13. The SMILES string of the molecule is CC(=O)c1nc(C(F)(F)F)n2c1CN(C(=O)C[C@H](N)Cc1cc(F)c(F)cc1F)CC2.CC(C)(C)OC(=O)N1CCn2c(C(F)(F)F)nc(Br)c2C1.CC(C)(C)OC(=O)N1CCn2c(C(F)(F)F)nc(C(=O)O)c2C1.CC(C)(C)OC(=O)N1CCn2c(cnc2C(F)(F)F)C1.COC(=O)c1nc(C(F)(F)F)n2c1CN(C(=O)OC(C)(C)C)CC2.Cl.FC(F)(F)c1ncc2cnccn12. The zero-order valence-electron chi connectivity index (χ0n) is 72.7. The van der Waals surface area contributed by atoms with Crippen LogP contribution in [-0.2, 0) is 137 Å². The van der Waals surface area contributed by atoms with Gasteiger partial charge in [0.25, 0.3) is 0 Å². The minimum absolute atomic E-state index is 0. The van der Waals surface area contributed by atoms with E-state index in [4.69, 9.17) is 29.8 Å². The van der Waals surface area contributed by atoms with E-state index in [1.54, 1.807) is 83.1 Å². The van der Waals surface area contributed by atoms with Crippen LogP contribution in [0.15, 0.2) is 47.7 Å². The van der Waals surface area contributed by atoms with Gasteiger partial charge in [-0.2, -0.15) is 79.0 Å². The van der Waals surface area contributed by atoms with Crippen molar-refractivity contribution >= 4 is 81.9 Å². The Labute approximate surface area is 755 Å². The number of Topliss-reactive ketones (excluding diaryl/α,β-unsaturated/α-hetero) is 1. The second kappa shape index (κ2) is 41.0. The fourth-order valence-electron chi connectivity index (χ4n) is 13.2. The number of carbonyl (C=O) groups excluding carboxylic acids is 7. The molecule has 0 bridgehead atoms. The number of ketones is 1. The largest absolute Gasteiger partial charge is 0.476 e. The van der Waals surface area contributed by atoms with E-state index in [1.807, 2.05) is 0 Å². The third-order valence-electron chi connectivity index (χ3n) is 18.6. The zero-order chi connectivity index (χ0) is 99.5. The lowest BCUT2D eigenvalue weighted by Gasteiger charge is -2.31. The Bertz CT molecular complexity index is 5570. The summed E-state index contributed by atoms with van der Waals surface area (Å²) in [5, 5.41) is 9.05. The summed E-state index contributed by atoms with van der Waals surface area (Å²) in [6, 6.07) is 0.0930. The number of hydrogen-bond donors (Lipinski definition) is 2. The van der Waals surface area contributed by atoms with Gasteiger partial charge in [-0.25, -0.2) is 71.8 Å². The Morgan fingerprint density at radius 3 is 1.19 bits per heavy atom. The number of imidazole rings is 6. The van der Waals surface area contributed by atoms with Gasteiger partial charge in [-0.1, -0.05) is 0 Å². The van der Waals surface area contributed by atoms with Crippen molar-refractivity contribution in [1.82, 2.24) is 86.6 Å². The molecule has 56 heteroatoms. The summed E-state index contributed by atoms with van der Waals surface area (Å²) in [6.45, 7) is 20.5. The van der Waals surface area contributed by atoms with Crippen molar-refractivity contribution in [3.63, 3.8) is 0 Å². The highest BCUT2D eigenvalue weighted by molar-refractivity contribution is 9.10. The van der Waals surface area contributed by atoms with Gasteiger partial charge >= 0.3 is 73.4 Å². The summed E-state index contributed by atoms with van der Waals surface area (Å²) in [7, 11) is 1.05. The third kappa shape index (κ3) is 28.2. The molecule has 133 heavy (non-hydrogen) atoms. The standard InChI is InChI=1S/C19H18F6N4O2.C14H18F3N3O4.C13H16F3N3O4.C12H15BrF3N3O2.C12H16F3N3O2.C7H4F3N3.ClH/c1-9(30)17-15-8-28(2-3-29(15)18(27-17)19(23,24)25)16(31)6-11(26)4-10-5-13(21)14(22)7-12(10)20;1-13(2,3)24-12(22)19-5-6-20-8(7-19)9(10(21)23-4)18-11(20)14(15,16)17;1-12(2,3)23-11(22)18-4-5-19-7(6-18)8(9(20)21)17-10(19)13(14,15)16;1-11(2,3)21-10(20)18-4-5-19-7(6-18)8(13)17-9(19)12(14,15)16;1-11(2,3)20-10(19)17-4-5-18-8(7-17)6-16-9(18)12(13,14)15;8-7(9,10)6-12-4-5-3-11-1-2-13(5)6;/h5,7,11H,2-4,6,8,26H2,1H3;5-7H2,1-4H3;4-6H2,1-3H3,(H,20,21);4-6H2,1-3H3;6H,4-5,7H2,1-3H3;1-4H;1H/t11-;;;;;;/m1....../s1. The molecule has 1 atom stereocenters. The highest BCUT2D eigenvalue weighted by atomic mass is 79.9. The second-order valence-corrected chi connectivity index (χ2v) is 34.2. The molecule has 5 aliphatic heterocycles. The Balaban J connectivity index is 0.000000221. The van der Waals surface area contributed by atoms with Crippen LogP contribution >= 0.6 is 28.3 Å². The number of methoxy groups -OCH3 is 1. The minimum Gasteiger partial charge on any atom is -0.476 e. The maximum atomic E-state index is 13.8. The van der Waals surface area contributed by atoms with Crippen LogP contribution in [0.1, 0.15) is 197 Å². The fraction of sp³-hybridized carbons (Fsp3) is 0.545. The number of amides is 5. The molecule has 8 aromatic rings. The van der Waals surface area contributed by atoms with Crippen molar-refractivity contribution in [2.75, 3.05) is 39.8 Å². The highest BCUT2D eigenvalue weighted by Crippen LogP contribution is 2.40. The molecule has 0 spiro atoms. The number of benzene rings is 1. The van der Waals surface area contributed by atoms with Crippen LogP contribution in [0.4, 0.5) is 111 Å². The summed E-state index contributed by atoms with van der Waals surface area (Å²) in [4.78, 5) is 125. The molecule has 736 valence electrons. The Morgan fingerprint density at radius 2 is 0.782 bits per heavy atom. The van der Waals surface area contributed by atoms with Gasteiger partial charge in [-0.15, -0.1) is 12.4 Å². The topological polar surface area (TPSA) is 364 Å². The van der Waals surface area contributed by atoms with Crippen molar-refractivity contribution in [3.05, 3.63) is 151 Å². The van der Waals surface area contributed by atoms with Gasteiger partial charge in [0.15, 0.2) is 28.8 Å². The van der Waals surface area contributed by atoms with E-state index in [2.05, 4.69) is 55.6 Å². The zero-order valence-corrected chi connectivity index (χ0v) is 75.1. The molecule has 7 aromatic heterocycles. The number of fused-ring (bicyclic) bond motifs is 6. The first-order valence-electron chi connectivity index (χ1n) is 39.1. The quantitative estimate of drug-likeness (QED) is 0.0492. The van der Waals surface area contributed by atoms with Crippen LogP contribution in [0.3, 0.4) is 0 Å². The summed E-state index contributed by atoms with van der Waals surface area (Å²) < 4.78 is 302. The van der Waals surface area contributed by atoms with Crippen LogP contribution in [0.2, 0.25) is 0 Å². The monoisotopic (exact) mass is 2020 g/mol. The van der Waals surface area contributed by atoms with Gasteiger partial charge < -0.3 is 81.9 Å². The van der Waals surface area contributed by atoms with Crippen molar-refractivity contribution in [2.24, 2.45) is 5.73 Å². The van der Waals surface area contributed by atoms with E-state index in [9.17, 15) is 131 Å². The van der Waals surface area contributed by atoms with Crippen LogP contribution in [-0.4, -0.2) is 208 Å². The Hall–Kier alpha value is -11.7. The minimum atomic E-state index is -4.77. The lowest BCUT2D eigenvalue weighted by molar-refractivity contribution is -0.149. The Kier molecular flexibility index (Phi) is 33.4. The number of alkyl halides is 18. The second-order valence-electron chi connectivity index (χ2n) is 33.4. The van der Waals surface area contributed by atoms with Gasteiger partial charge in [0.2, 0.25) is 40.9 Å². The first kappa shape index (κ1) is 108. The summed E-state index contributed by atoms with van der Waals surface area (Å²) >= 11 is 3.02. The van der Waals surface area contributed by atoms with E-state index < -0.39 is 177 Å². The maximum Gasteiger partial charge on any atom is 0.450 e. The lowest BCUT2D eigenvalue weighted by Crippen LogP contribution is -2.42. The molecule has 0 radical (unpaired) electrons. The number of carboxylic acid groups (broad SMARTS) is 1. The van der Waals surface area contributed by atoms with Crippen LogP contribution in [0.5, 0.6) is 0 Å². The number of rotatable bonds is 7. The van der Waals surface area contributed by atoms with E-state index in [0.717, 1.165) is 58.6 Å². The normalized spacial score (nSPS) is 15.0. The molecule has 0 fully saturated rings. The number of nitrogens with two attached hydrogens (primary N) is 1. The highest BCUT2D eigenvalue weighted by Gasteiger charge is 2.48. The fourth-order valence-corrected chi connectivity index (χ4v) is 13.7. The summed E-state index contributed by atoms with van der Waals surface area (Å²) in [5.74, 6) is -13.8. The van der Waals surface area contributed by atoms with E-state index in [0.29, 0.717) is 29.0 Å². The average molecular weight is 2020 g/mol. The van der Waals surface area contributed by atoms with Crippen molar-refractivity contribution < 1.29 is 159 Å². The van der Waals surface area contributed by atoms with Gasteiger partial charge in [0.1, 0.15) is 38.5 Å². The smallest absolute Gasteiger partial charge is 0.450 e. The molecular formula is C77H88BrClF21N19O14. The maximum absolute atomic E-state index is 13.8. The average Bonchev–Trinajstić information content (AvgIpc) is 1.61. The van der Waals surface area contributed by atoms with E-state index in [-0.39, 0.29) is 156 Å². The van der Waals surface area contributed by atoms with Gasteiger partial charge in [-0.3, -0.25) is 19.0 Å². The number of halogens is 23. The predicted molar refractivity (Wildman–Crippen MR) is 422 cm³/mol. The number of aromatic carboxylic acids is 1. The molecule has 0 aliphatic carbocycles. The first-order valence-corrected chi connectivity index (χ1v) is 39.9. The summed E-state index contributed by atoms with van der Waals surface area (Å²) in [6.07, 6.45) is -24.6. The number of ether oxygens (including phenoxy) is 5. The molecule has 1 aromatic carbocycles. The summed E-state index contributed by atoms with van der Waals surface area (Å²) in [5.41, 5.74) is 2.14. The lowest BCUT2D eigenvalue weighted by atomic mass is 10.0. The molecule has 3 N–H and O–H groups in total. The first-order chi connectivity index (χ1) is 60.4. The molecule has 13 rings (SSSR count). The number of carboxylic acids is 1. The number of nitrogens with zero attached hydrogens (tertiary/aromatic N) is 18. The van der Waals surface area contributed by atoms with Crippen LogP contribution in [0.25, 0.3) is 5.52 Å². The molecule has 12 heterocycles. The molecule has 0 saturated heterocycles. The molecule has 5 amide bonds. The molecular weight excluding hydrogens is 1930 g/mol. The Morgan fingerprint density at radius 1 is 0.436 bits per heavy atom. The van der Waals surface area contributed by atoms with Crippen LogP contribution < -0.4 is 5.73 Å². The number of esters is 1. The molecule has 5 aliphatic rings. The van der Waals surface area contributed by atoms with Gasteiger partial charge in [-0.05, 0) is 117 Å². The van der Waals surface area contributed by atoms with Gasteiger partial charge in [0, 0.05) is 103 Å². The molecule has 33 nitrogen and oxygen atoms in total.